The summed E-state index contributed by atoms with van der Waals surface area (Å²) in [6, 6.07) is 8.74. The van der Waals surface area contributed by atoms with E-state index in [-0.39, 0.29) is 5.56 Å². The van der Waals surface area contributed by atoms with E-state index >= 15 is 0 Å². The molecule has 5 nitrogen and oxygen atoms in total. The Kier molecular flexibility index (Phi) is 3.77. The van der Waals surface area contributed by atoms with E-state index in [1.165, 1.54) is 4.88 Å². The molecule has 0 aliphatic heterocycles. The maximum absolute atomic E-state index is 11.1. The summed E-state index contributed by atoms with van der Waals surface area (Å²) in [4.78, 5) is 22.3. The predicted molar refractivity (Wildman–Crippen MR) is 88.2 cm³/mol. The first kappa shape index (κ1) is 14.5. The van der Waals surface area contributed by atoms with Crippen LogP contribution in [-0.4, -0.2) is 21.0 Å². The maximum Gasteiger partial charge on any atom is 0.335 e. The maximum atomic E-state index is 11.1. The average Bonchev–Trinajstić information content (AvgIpc) is 2.88. The van der Waals surface area contributed by atoms with Crippen molar-refractivity contribution < 1.29 is 9.90 Å². The number of anilines is 2. The van der Waals surface area contributed by atoms with Gasteiger partial charge >= 0.3 is 5.97 Å². The molecule has 0 bridgehead atoms. The molecule has 3 aromatic rings. The summed E-state index contributed by atoms with van der Waals surface area (Å²) in [5, 5.41) is 13.3. The molecule has 3 rings (SSSR count). The molecular weight excluding hydrogens is 298 g/mol. The van der Waals surface area contributed by atoms with Crippen molar-refractivity contribution >= 4 is 39.0 Å². The molecule has 1 aromatic carbocycles. The molecule has 2 heterocycles. The zero-order chi connectivity index (χ0) is 15.7. The predicted octanol–water partition coefficient (Wildman–Crippen LogP) is 4.00. The number of hydrogen-bond acceptors (Lipinski definition) is 5. The van der Waals surface area contributed by atoms with Crippen LogP contribution in [-0.2, 0) is 6.42 Å². The van der Waals surface area contributed by atoms with Gasteiger partial charge in [0.1, 0.15) is 16.5 Å². The molecular formula is C16H15N3O2S. The van der Waals surface area contributed by atoms with Crippen LogP contribution in [0.15, 0.2) is 30.3 Å². The lowest BCUT2D eigenvalue weighted by atomic mass is 10.2. The SMILES string of the molecule is CCc1nc(Nc2cccc(C(=O)O)c2)c2cc(C)sc2n1. The molecule has 0 aliphatic carbocycles. The van der Waals surface area contributed by atoms with Gasteiger partial charge in [-0.15, -0.1) is 11.3 Å². The monoisotopic (exact) mass is 313 g/mol. The van der Waals surface area contributed by atoms with Gasteiger partial charge in [-0.2, -0.15) is 0 Å². The first-order valence-electron chi connectivity index (χ1n) is 6.94. The van der Waals surface area contributed by atoms with Crippen LogP contribution in [0.25, 0.3) is 10.2 Å². The number of benzene rings is 1. The van der Waals surface area contributed by atoms with E-state index in [4.69, 9.17) is 5.11 Å². The van der Waals surface area contributed by atoms with Crippen LogP contribution in [0.4, 0.5) is 11.5 Å². The Morgan fingerprint density at radius 3 is 2.86 bits per heavy atom. The Morgan fingerprint density at radius 2 is 2.14 bits per heavy atom. The smallest absolute Gasteiger partial charge is 0.335 e. The van der Waals surface area contributed by atoms with Crippen LogP contribution in [0.3, 0.4) is 0 Å². The van der Waals surface area contributed by atoms with Crippen molar-refractivity contribution in [3.63, 3.8) is 0 Å². The second kappa shape index (κ2) is 5.73. The molecule has 112 valence electrons. The Balaban J connectivity index is 2.06. The summed E-state index contributed by atoms with van der Waals surface area (Å²) in [5.74, 6) is 0.539. The van der Waals surface area contributed by atoms with Gasteiger partial charge in [-0.25, -0.2) is 14.8 Å². The van der Waals surface area contributed by atoms with Gasteiger partial charge in [0.25, 0.3) is 0 Å². The summed E-state index contributed by atoms with van der Waals surface area (Å²) in [6.07, 6.45) is 0.747. The lowest BCUT2D eigenvalue weighted by Crippen LogP contribution is -2.01. The first-order chi connectivity index (χ1) is 10.6. The topological polar surface area (TPSA) is 75.1 Å². The number of carboxylic acid groups (broad SMARTS) is 1. The van der Waals surface area contributed by atoms with Gasteiger partial charge in [0.15, 0.2) is 0 Å². The van der Waals surface area contributed by atoms with E-state index in [1.54, 1.807) is 29.5 Å². The Bertz CT molecular complexity index is 858. The van der Waals surface area contributed by atoms with Crippen LogP contribution < -0.4 is 5.32 Å². The van der Waals surface area contributed by atoms with E-state index in [9.17, 15) is 4.79 Å². The highest BCUT2D eigenvalue weighted by Crippen LogP contribution is 2.30. The van der Waals surface area contributed by atoms with Crippen molar-refractivity contribution in [3.8, 4) is 0 Å². The van der Waals surface area contributed by atoms with Crippen molar-refractivity contribution in [2.45, 2.75) is 20.3 Å². The fraction of sp³-hybridized carbons (Fsp3) is 0.188. The molecule has 6 heteroatoms. The number of aromatic carboxylic acids is 1. The molecule has 2 aromatic heterocycles. The van der Waals surface area contributed by atoms with Crippen molar-refractivity contribution in [1.29, 1.82) is 0 Å². The quantitative estimate of drug-likeness (QED) is 0.761. The lowest BCUT2D eigenvalue weighted by molar-refractivity contribution is 0.0697. The molecule has 2 N–H and O–H groups in total. The number of thiophene rings is 1. The normalized spacial score (nSPS) is 10.8. The van der Waals surface area contributed by atoms with Gasteiger partial charge in [0.2, 0.25) is 0 Å². The number of hydrogen-bond donors (Lipinski definition) is 2. The number of nitrogens with zero attached hydrogens (tertiary/aromatic N) is 2. The summed E-state index contributed by atoms with van der Waals surface area (Å²) in [7, 11) is 0. The molecule has 0 spiro atoms. The van der Waals surface area contributed by atoms with Crippen LogP contribution >= 0.6 is 11.3 Å². The van der Waals surface area contributed by atoms with Crippen LogP contribution in [0, 0.1) is 6.92 Å². The van der Waals surface area contributed by atoms with Crippen LogP contribution in [0.1, 0.15) is 28.0 Å². The number of aryl methyl sites for hydroxylation is 2. The number of aromatic nitrogens is 2. The number of carbonyl (C=O) groups is 1. The molecule has 22 heavy (non-hydrogen) atoms. The molecule has 0 fully saturated rings. The van der Waals surface area contributed by atoms with Gasteiger partial charge in [-0.1, -0.05) is 13.0 Å². The van der Waals surface area contributed by atoms with Gasteiger partial charge in [-0.05, 0) is 31.2 Å². The van der Waals surface area contributed by atoms with Gasteiger partial charge in [-0.3, -0.25) is 0 Å². The minimum Gasteiger partial charge on any atom is -0.478 e. The van der Waals surface area contributed by atoms with E-state index < -0.39 is 5.97 Å². The molecule has 0 saturated carbocycles. The highest BCUT2D eigenvalue weighted by atomic mass is 32.1. The molecule has 0 atom stereocenters. The van der Waals surface area contributed by atoms with Crippen molar-refractivity contribution in [3.05, 3.63) is 46.6 Å². The Labute approximate surface area is 131 Å². The Morgan fingerprint density at radius 1 is 1.32 bits per heavy atom. The summed E-state index contributed by atoms with van der Waals surface area (Å²) < 4.78 is 0. The fourth-order valence-corrected chi connectivity index (χ4v) is 3.10. The highest BCUT2D eigenvalue weighted by Gasteiger charge is 2.11. The average molecular weight is 313 g/mol. The third kappa shape index (κ3) is 2.78. The zero-order valence-corrected chi connectivity index (χ0v) is 13.1. The minimum atomic E-state index is -0.947. The summed E-state index contributed by atoms with van der Waals surface area (Å²) >= 11 is 1.63. The zero-order valence-electron chi connectivity index (χ0n) is 12.3. The standard InChI is InChI=1S/C16H15N3O2S/c1-3-13-18-14(12-7-9(2)22-15(12)19-13)17-11-6-4-5-10(8-11)16(20)21/h4-8H,3H2,1-2H3,(H,20,21)(H,17,18,19). The number of carboxylic acids is 1. The third-order valence-electron chi connectivity index (χ3n) is 3.25. The number of rotatable bonds is 4. The van der Waals surface area contributed by atoms with Gasteiger partial charge in [0.05, 0.1) is 10.9 Å². The molecule has 0 radical (unpaired) electrons. The van der Waals surface area contributed by atoms with E-state index in [1.807, 2.05) is 26.0 Å². The highest BCUT2D eigenvalue weighted by molar-refractivity contribution is 7.18. The Hall–Kier alpha value is -2.47. The molecule has 0 amide bonds. The summed E-state index contributed by atoms with van der Waals surface area (Å²) in [5.41, 5.74) is 0.943. The van der Waals surface area contributed by atoms with Crippen molar-refractivity contribution in [2.75, 3.05) is 5.32 Å². The third-order valence-corrected chi connectivity index (χ3v) is 4.20. The fourth-order valence-electron chi connectivity index (χ4n) is 2.21. The lowest BCUT2D eigenvalue weighted by Gasteiger charge is -2.09. The van der Waals surface area contributed by atoms with Gasteiger partial charge < -0.3 is 10.4 Å². The molecule has 0 unspecified atom stereocenters. The second-order valence-corrected chi connectivity index (χ2v) is 6.16. The van der Waals surface area contributed by atoms with E-state index in [0.29, 0.717) is 11.5 Å². The van der Waals surface area contributed by atoms with Crippen LogP contribution in [0.2, 0.25) is 0 Å². The first-order valence-corrected chi connectivity index (χ1v) is 7.76. The van der Waals surface area contributed by atoms with Gasteiger partial charge in [0, 0.05) is 17.0 Å². The van der Waals surface area contributed by atoms with Crippen molar-refractivity contribution in [2.24, 2.45) is 0 Å². The number of fused-ring (bicyclic) bond motifs is 1. The summed E-state index contributed by atoms with van der Waals surface area (Å²) in [6.45, 7) is 4.04. The van der Waals surface area contributed by atoms with E-state index in [0.717, 1.165) is 22.5 Å². The molecule has 0 saturated heterocycles. The van der Waals surface area contributed by atoms with E-state index in [2.05, 4.69) is 15.3 Å². The minimum absolute atomic E-state index is 0.243. The molecule has 0 aliphatic rings. The number of nitrogens with one attached hydrogen (secondary N) is 1. The largest absolute Gasteiger partial charge is 0.478 e. The second-order valence-electron chi connectivity index (χ2n) is 4.93. The van der Waals surface area contributed by atoms with Crippen molar-refractivity contribution in [1.82, 2.24) is 9.97 Å². The van der Waals surface area contributed by atoms with Crippen LogP contribution in [0.5, 0.6) is 0 Å².